The Morgan fingerprint density at radius 3 is 2.72 bits per heavy atom. The Hall–Kier alpha value is -1.69. The minimum Gasteiger partial charge on any atom is -0.439 e. The van der Waals surface area contributed by atoms with Crippen molar-refractivity contribution in [3.05, 3.63) is 40.4 Å². The van der Waals surface area contributed by atoms with Crippen molar-refractivity contribution >= 4 is 21.7 Å². The maximum Gasteiger partial charge on any atom is 0.224 e. The van der Waals surface area contributed by atoms with Crippen molar-refractivity contribution < 1.29 is 9.13 Å². The summed E-state index contributed by atoms with van der Waals surface area (Å²) in [6, 6.07) is 5.76. The second-order valence-electron chi connectivity index (χ2n) is 3.61. The van der Waals surface area contributed by atoms with Gasteiger partial charge in [0, 0.05) is 23.0 Å². The van der Waals surface area contributed by atoms with Gasteiger partial charge in [0.25, 0.3) is 0 Å². The normalized spacial score (nSPS) is 10.4. The van der Waals surface area contributed by atoms with E-state index in [-0.39, 0.29) is 0 Å². The number of nitrogens with zero attached hydrogens (tertiary/aromatic N) is 2. The van der Waals surface area contributed by atoms with Crippen LogP contribution in [0.3, 0.4) is 0 Å². The maximum atomic E-state index is 13.2. The molecule has 0 amide bonds. The molecule has 2 rings (SSSR count). The van der Waals surface area contributed by atoms with Crippen molar-refractivity contribution in [2.24, 2.45) is 0 Å². The fourth-order valence-electron chi connectivity index (χ4n) is 1.41. The predicted molar refractivity (Wildman–Crippen MR) is 70.0 cm³/mol. The Balaban J connectivity index is 2.30. The van der Waals surface area contributed by atoms with Crippen molar-refractivity contribution in [1.82, 2.24) is 9.97 Å². The van der Waals surface area contributed by atoms with Crippen molar-refractivity contribution in [3.63, 3.8) is 0 Å². The zero-order valence-electron chi connectivity index (χ0n) is 9.65. The first-order valence-electron chi connectivity index (χ1n) is 5.34. The molecule has 4 nitrogen and oxygen atoms in total. The molecule has 1 heterocycles. The topological polar surface area (TPSA) is 61.0 Å². The van der Waals surface area contributed by atoms with Crippen LogP contribution in [0.5, 0.6) is 11.6 Å². The third-order valence-electron chi connectivity index (χ3n) is 2.14. The largest absolute Gasteiger partial charge is 0.439 e. The summed E-state index contributed by atoms with van der Waals surface area (Å²) in [5.74, 6) is 1.17. The Kier molecular flexibility index (Phi) is 3.76. The summed E-state index contributed by atoms with van der Waals surface area (Å²) >= 11 is 3.19. The highest BCUT2D eigenvalue weighted by molar-refractivity contribution is 9.10. The fraction of sp³-hybridized carbons (Fsp3) is 0.167. The molecule has 0 aliphatic heterocycles. The Morgan fingerprint density at radius 1 is 1.28 bits per heavy atom. The van der Waals surface area contributed by atoms with Crippen molar-refractivity contribution in [2.75, 3.05) is 5.73 Å². The van der Waals surface area contributed by atoms with Gasteiger partial charge in [-0.1, -0.05) is 22.9 Å². The zero-order chi connectivity index (χ0) is 13.1. The molecular formula is C12H11BrFN3O. The standard InChI is InChI=1S/C12H11BrFN3O/c1-2-11-16-10(15)6-12(17-11)18-9-4-7(13)3-8(14)5-9/h3-6H,2H2,1H3,(H2,15,16,17). The molecule has 0 atom stereocenters. The number of nitrogens with two attached hydrogens (primary N) is 1. The molecule has 0 saturated carbocycles. The van der Waals surface area contributed by atoms with E-state index in [9.17, 15) is 4.39 Å². The van der Waals surface area contributed by atoms with Gasteiger partial charge in [-0.25, -0.2) is 9.37 Å². The molecule has 0 radical (unpaired) electrons. The van der Waals surface area contributed by atoms with Gasteiger partial charge in [-0.05, 0) is 12.1 Å². The lowest BCUT2D eigenvalue weighted by molar-refractivity contribution is 0.454. The van der Waals surface area contributed by atoms with Crippen LogP contribution in [0.25, 0.3) is 0 Å². The van der Waals surface area contributed by atoms with E-state index in [2.05, 4.69) is 25.9 Å². The number of aromatic nitrogens is 2. The molecule has 1 aromatic heterocycles. The van der Waals surface area contributed by atoms with Gasteiger partial charge >= 0.3 is 0 Å². The number of hydrogen-bond acceptors (Lipinski definition) is 4. The highest BCUT2D eigenvalue weighted by atomic mass is 79.9. The lowest BCUT2D eigenvalue weighted by Crippen LogP contribution is -2.00. The minimum atomic E-state index is -0.392. The van der Waals surface area contributed by atoms with Gasteiger partial charge in [-0.3, -0.25) is 0 Å². The smallest absolute Gasteiger partial charge is 0.224 e. The first-order valence-corrected chi connectivity index (χ1v) is 6.13. The molecule has 0 aliphatic carbocycles. The van der Waals surface area contributed by atoms with Crippen molar-refractivity contribution in [3.8, 4) is 11.6 Å². The Bertz CT molecular complexity index is 557. The van der Waals surface area contributed by atoms with E-state index in [1.807, 2.05) is 6.92 Å². The first-order chi connectivity index (χ1) is 8.56. The van der Waals surface area contributed by atoms with Crippen LogP contribution in [-0.2, 0) is 6.42 Å². The molecule has 0 fully saturated rings. The number of nitrogen functional groups attached to an aromatic ring is 1. The summed E-state index contributed by atoms with van der Waals surface area (Å²) in [4.78, 5) is 8.19. The van der Waals surface area contributed by atoms with E-state index in [0.29, 0.717) is 34.2 Å². The second kappa shape index (κ2) is 5.30. The van der Waals surface area contributed by atoms with Crippen LogP contribution in [0.4, 0.5) is 10.2 Å². The van der Waals surface area contributed by atoms with Crippen molar-refractivity contribution in [2.45, 2.75) is 13.3 Å². The van der Waals surface area contributed by atoms with Crippen LogP contribution in [0.1, 0.15) is 12.7 Å². The Morgan fingerprint density at radius 2 is 2.06 bits per heavy atom. The van der Waals surface area contributed by atoms with Gasteiger partial charge in [0.15, 0.2) is 0 Å². The predicted octanol–water partition coefficient (Wildman–Crippen LogP) is 3.32. The quantitative estimate of drug-likeness (QED) is 0.944. The average Bonchev–Trinajstić information content (AvgIpc) is 2.26. The summed E-state index contributed by atoms with van der Waals surface area (Å²) in [5, 5.41) is 0. The number of halogens is 2. The first kappa shape index (κ1) is 12.8. The number of rotatable bonds is 3. The molecule has 18 heavy (non-hydrogen) atoms. The summed E-state index contributed by atoms with van der Waals surface area (Å²) in [6.07, 6.45) is 0.647. The fourth-order valence-corrected chi connectivity index (χ4v) is 1.86. The molecule has 2 N–H and O–H groups in total. The van der Waals surface area contributed by atoms with Gasteiger partial charge in [0.1, 0.15) is 23.2 Å². The zero-order valence-corrected chi connectivity index (χ0v) is 11.2. The minimum absolute atomic E-state index is 0.303. The van der Waals surface area contributed by atoms with Gasteiger partial charge in [-0.15, -0.1) is 0 Å². The summed E-state index contributed by atoms with van der Waals surface area (Å²) < 4.78 is 19.2. The van der Waals surface area contributed by atoms with Gasteiger partial charge in [-0.2, -0.15) is 4.98 Å². The van der Waals surface area contributed by atoms with Crippen LogP contribution in [0.15, 0.2) is 28.7 Å². The lowest BCUT2D eigenvalue weighted by Gasteiger charge is -2.07. The number of benzene rings is 1. The van der Waals surface area contributed by atoms with E-state index in [4.69, 9.17) is 10.5 Å². The van der Waals surface area contributed by atoms with Gasteiger partial charge in [0.05, 0.1) is 0 Å². The molecule has 0 aliphatic rings. The van der Waals surface area contributed by atoms with Crippen LogP contribution in [0, 0.1) is 5.82 Å². The molecule has 0 spiro atoms. The molecule has 6 heteroatoms. The SMILES string of the molecule is CCc1nc(N)cc(Oc2cc(F)cc(Br)c2)n1. The van der Waals surface area contributed by atoms with E-state index < -0.39 is 5.82 Å². The average molecular weight is 312 g/mol. The molecule has 0 unspecified atom stereocenters. The second-order valence-corrected chi connectivity index (χ2v) is 4.52. The highest BCUT2D eigenvalue weighted by Gasteiger charge is 2.06. The summed E-state index contributed by atoms with van der Waals surface area (Å²) in [7, 11) is 0. The third-order valence-corrected chi connectivity index (χ3v) is 2.60. The van der Waals surface area contributed by atoms with Crippen LogP contribution in [-0.4, -0.2) is 9.97 Å². The maximum absolute atomic E-state index is 13.2. The molecule has 2 aromatic rings. The van der Waals surface area contributed by atoms with Crippen LogP contribution in [0.2, 0.25) is 0 Å². The summed E-state index contributed by atoms with van der Waals surface area (Å²) in [6.45, 7) is 1.91. The van der Waals surface area contributed by atoms with Crippen molar-refractivity contribution in [1.29, 1.82) is 0 Å². The number of ether oxygens (including phenoxy) is 1. The summed E-state index contributed by atoms with van der Waals surface area (Å²) in [5.41, 5.74) is 5.63. The molecule has 0 saturated heterocycles. The van der Waals surface area contributed by atoms with E-state index in [1.54, 1.807) is 6.07 Å². The van der Waals surface area contributed by atoms with Gasteiger partial charge in [0.2, 0.25) is 5.88 Å². The van der Waals surface area contributed by atoms with Crippen LogP contribution >= 0.6 is 15.9 Å². The monoisotopic (exact) mass is 311 g/mol. The third kappa shape index (κ3) is 3.16. The van der Waals surface area contributed by atoms with Crippen LogP contribution < -0.4 is 10.5 Å². The lowest BCUT2D eigenvalue weighted by atomic mass is 10.3. The number of anilines is 1. The molecule has 1 aromatic carbocycles. The number of hydrogen-bond donors (Lipinski definition) is 1. The molecular weight excluding hydrogens is 301 g/mol. The van der Waals surface area contributed by atoms with Gasteiger partial charge < -0.3 is 10.5 Å². The van der Waals surface area contributed by atoms with E-state index >= 15 is 0 Å². The molecule has 94 valence electrons. The van der Waals surface area contributed by atoms with E-state index in [0.717, 1.165) is 0 Å². The van der Waals surface area contributed by atoms with E-state index in [1.165, 1.54) is 18.2 Å². The highest BCUT2D eigenvalue weighted by Crippen LogP contribution is 2.25. The molecule has 0 bridgehead atoms. The Labute approximate surface area is 112 Å². The number of aryl methyl sites for hydroxylation is 1.